The summed E-state index contributed by atoms with van der Waals surface area (Å²) < 4.78 is 5.23. The highest BCUT2D eigenvalue weighted by molar-refractivity contribution is 5.94. The summed E-state index contributed by atoms with van der Waals surface area (Å²) in [7, 11) is 0. The van der Waals surface area contributed by atoms with Crippen LogP contribution < -0.4 is 5.32 Å². The van der Waals surface area contributed by atoms with E-state index in [1.807, 2.05) is 61.5 Å². The van der Waals surface area contributed by atoms with E-state index in [1.165, 1.54) is 0 Å². The van der Waals surface area contributed by atoms with Gasteiger partial charge in [0.1, 0.15) is 0 Å². The Balaban J connectivity index is 1.94. The molecule has 0 fully saturated rings. The predicted molar refractivity (Wildman–Crippen MR) is 99.6 cm³/mol. The second kappa shape index (κ2) is 9.02. The lowest BCUT2D eigenvalue weighted by atomic mass is 9.97. The average Bonchev–Trinajstić information content (AvgIpc) is 2.62. The zero-order chi connectivity index (χ0) is 18.2. The number of benzene rings is 2. The maximum Gasteiger partial charge on any atom is 0.313 e. The normalized spacial score (nSPS) is 11.8. The van der Waals surface area contributed by atoms with Gasteiger partial charge in [-0.3, -0.25) is 9.59 Å². The highest BCUT2D eigenvalue weighted by Crippen LogP contribution is 2.24. The molecule has 1 N–H and O–H groups in total. The number of anilines is 1. The van der Waals surface area contributed by atoms with Crippen molar-refractivity contribution in [2.24, 2.45) is 0 Å². The van der Waals surface area contributed by atoms with Crippen LogP contribution in [-0.2, 0) is 14.3 Å². The van der Waals surface area contributed by atoms with Crippen molar-refractivity contribution in [1.82, 2.24) is 0 Å². The second-order valence-corrected chi connectivity index (χ2v) is 6.27. The summed E-state index contributed by atoms with van der Waals surface area (Å²) in [6, 6.07) is 17.1. The van der Waals surface area contributed by atoms with Crippen LogP contribution >= 0.6 is 0 Å². The van der Waals surface area contributed by atoms with Crippen LogP contribution in [0, 0.1) is 0 Å². The Morgan fingerprint density at radius 1 is 1.00 bits per heavy atom. The highest BCUT2D eigenvalue weighted by atomic mass is 16.5. The number of esters is 1. The van der Waals surface area contributed by atoms with E-state index in [2.05, 4.69) is 19.2 Å². The van der Waals surface area contributed by atoms with E-state index in [9.17, 15) is 9.59 Å². The number of rotatable bonds is 7. The van der Waals surface area contributed by atoms with Gasteiger partial charge in [0.05, 0.1) is 5.92 Å². The van der Waals surface area contributed by atoms with Gasteiger partial charge in [-0.25, -0.2) is 0 Å². The maximum atomic E-state index is 12.3. The molecule has 0 heterocycles. The first-order valence-electron chi connectivity index (χ1n) is 8.63. The summed E-state index contributed by atoms with van der Waals surface area (Å²) in [6.45, 7) is 5.78. The van der Waals surface area contributed by atoms with Crippen molar-refractivity contribution in [1.29, 1.82) is 0 Å². The number of hydrogen-bond donors (Lipinski definition) is 1. The molecule has 0 bridgehead atoms. The van der Waals surface area contributed by atoms with Crippen molar-refractivity contribution in [2.45, 2.75) is 39.0 Å². The summed E-state index contributed by atoms with van der Waals surface area (Å²) in [4.78, 5) is 24.5. The Labute approximate surface area is 149 Å². The number of nitrogens with one attached hydrogen (secondary N) is 1. The summed E-state index contributed by atoms with van der Waals surface area (Å²) in [5.74, 6) is -0.760. The number of para-hydroxylation sites is 1. The molecule has 0 aliphatic heterocycles. The Hall–Kier alpha value is -2.62. The molecule has 0 radical (unpaired) electrons. The van der Waals surface area contributed by atoms with E-state index in [1.54, 1.807) is 0 Å². The molecule has 2 aromatic rings. The highest BCUT2D eigenvalue weighted by Gasteiger charge is 2.21. The fourth-order valence-corrected chi connectivity index (χ4v) is 2.76. The SMILES string of the molecule is CC[C@@H](C(=O)OCC(=O)Nc1ccccc1C(C)C)c1ccccc1. The summed E-state index contributed by atoms with van der Waals surface area (Å²) in [6.07, 6.45) is 0.626. The van der Waals surface area contributed by atoms with Crippen LogP contribution in [0.15, 0.2) is 54.6 Å². The number of hydrogen-bond acceptors (Lipinski definition) is 3. The molecule has 0 aromatic heterocycles. The monoisotopic (exact) mass is 339 g/mol. The van der Waals surface area contributed by atoms with Gasteiger partial charge in [-0.2, -0.15) is 0 Å². The molecule has 0 saturated carbocycles. The van der Waals surface area contributed by atoms with Gasteiger partial charge in [-0.05, 0) is 29.5 Å². The largest absolute Gasteiger partial charge is 0.455 e. The molecule has 2 aromatic carbocycles. The van der Waals surface area contributed by atoms with Crippen LogP contribution in [-0.4, -0.2) is 18.5 Å². The molecule has 0 saturated heterocycles. The van der Waals surface area contributed by atoms with E-state index >= 15 is 0 Å². The zero-order valence-corrected chi connectivity index (χ0v) is 15.0. The Kier molecular flexibility index (Phi) is 6.75. The number of carbonyl (C=O) groups excluding carboxylic acids is 2. The summed E-state index contributed by atoms with van der Waals surface area (Å²) in [5, 5.41) is 2.83. The van der Waals surface area contributed by atoms with Gasteiger partial charge in [0, 0.05) is 5.69 Å². The van der Waals surface area contributed by atoms with Crippen LogP contribution in [0.2, 0.25) is 0 Å². The van der Waals surface area contributed by atoms with E-state index in [0.29, 0.717) is 12.3 Å². The molecule has 4 nitrogen and oxygen atoms in total. The third-order valence-corrected chi connectivity index (χ3v) is 4.10. The van der Waals surface area contributed by atoms with E-state index in [4.69, 9.17) is 4.74 Å². The first-order chi connectivity index (χ1) is 12.0. The van der Waals surface area contributed by atoms with Crippen LogP contribution in [0.3, 0.4) is 0 Å². The fraction of sp³-hybridized carbons (Fsp3) is 0.333. The van der Waals surface area contributed by atoms with Crippen molar-refractivity contribution in [3.63, 3.8) is 0 Å². The van der Waals surface area contributed by atoms with Gasteiger partial charge >= 0.3 is 5.97 Å². The number of carbonyl (C=O) groups is 2. The first-order valence-corrected chi connectivity index (χ1v) is 8.63. The molecule has 0 unspecified atom stereocenters. The van der Waals surface area contributed by atoms with Gasteiger partial charge in [-0.15, -0.1) is 0 Å². The quantitative estimate of drug-likeness (QED) is 0.756. The van der Waals surface area contributed by atoms with Crippen molar-refractivity contribution in [2.75, 3.05) is 11.9 Å². The van der Waals surface area contributed by atoms with Gasteiger partial charge in [0.2, 0.25) is 0 Å². The minimum absolute atomic E-state index is 0.283. The lowest BCUT2D eigenvalue weighted by Gasteiger charge is -2.16. The van der Waals surface area contributed by atoms with Gasteiger partial charge < -0.3 is 10.1 Å². The summed E-state index contributed by atoms with van der Waals surface area (Å²) >= 11 is 0. The minimum atomic E-state index is -0.374. The molecule has 132 valence electrons. The zero-order valence-electron chi connectivity index (χ0n) is 15.0. The Morgan fingerprint density at radius 3 is 2.28 bits per heavy atom. The van der Waals surface area contributed by atoms with E-state index in [-0.39, 0.29) is 24.4 Å². The molecule has 2 rings (SSSR count). The van der Waals surface area contributed by atoms with Crippen molar-refractivity contribution in [3.8, 4) is 0 Å². The van der Waals surface area contributed by atoms with Gasteiger partial charge in [-0.1, -0.05) is 69.3 Å². The fourth-order valence-electron chi connectivity index (χ4n) is 2.76. The first kappa shape index (κ1) is 18.7. The Morgan fingerprint density at radius 2 is 1.64 bits per heavy atom. The molecular weight excluding hydrogens is 314 g/mol. The lowest BCUT2D eigenvalue weighted by Crippen LogP contribution is -2.24. The number of ether oxygens (including phenoxy) is 1. The topological polar surface area (TPSA) is 55.4 Å². The van der Waals surface area contributed by atoms with Crippen molar-refractivity contribution in [3.05, 3.63) is 65.7 Å². The van der Waals surface area contributed by atoms with Gasteiger partial charge in [0.25, 0.3) is 5.91 Å². The molecule has 0 aliphatic carbocycles. The second-order valence-electron chi connectivity index (χ2n) is 6.27. The molecule has 25 heavy (non-hydrogen) atoms. The summed E-state index contributed by atoms with van der Waals surface area (Å²) in [5.41, 5.74) is 2.71. The maximum absolute atomic E-state index is 12.3. The average molecular weight is 339 g/mol. The smallest absolute Gasteiger partial charge is 0.313 e. The molecular formula is C21H25NO3. The third-order valence-electron chi connectivity index (χ3n) is 4.10. The van der Waals surface area contributed by atoms with Crippen molar-refractivity contribution < 1.29 is 14.3 Å². The van der Waals surface area contributed by atoms with Crippen LogP contribution in [0.5, 0.6) is 0 Å². The van der Waals surface area contributed by atoms with E-state index in [0.717, 1.165) is 16.8 Å². The van der Waals surface area contributed by atoms with Crippen LogP contribution in [0.1, 0.15) is 50.2 Å². The van der Waals surface area contributed by atoms with E-state index < -0.39 is 0 Å². The Bertz CT molecular complexity index is 710. The van der Waals surface area contributed by atoms with Crippen LogP contribution in [0.4, 0.5) is 5.69 Å². The molecule has 0 aliphatic rings. The molecule has 0 spiro atoms. The number of amides is 1. The molecule has 4 heteroatoms. The van der Waals surface area contributed by atoms with Crippen molar-refractivity contribution >= 4 is 17.6 Å². The standard InChI is InChI=1S/C21H25NO3/c1-4-17(16-10-6-5-7-11-16)21(24)25-14-20(23)22-19-13-9-8-12-18(19)15(2)3/h5-13,15,17H,4,14H2,1-3H3,(H,22,23)/t17-/m1/s1. The molecule has 1 atom stereocenters. The van der Waals surface area contributed by atoms with Crippen LogP contribution in [0.25, 0.3) is 0 Å². The minimum Gasteiger partial charge on any atom is -0.455 e. The lowest BCUT2D eigenvalue weighted by molar-refractivity contribution is -0.149. The van der Waals surface area contributed by atoms with Gasteiger partial charge in [0.15, 0.2) is 6.61 Å². The third kappa shape index (κ3) is 5.18. The predicted octanol–water partition coefficient (Wildman–Crippen LogP) is 4.49. The molecule has 1 amide bonds.